The van der Waals surface area contributed by atoms with E-state index in [9.17, 15) is 39.5 Å². The van der Waals surface area contributed by atoms with E-state index in [1.54, 1.807) is 0 Å². The Morgan fingerprint density at radius 2 is 0.784 bits per heavy atom. The van der Waals surface area contributed by atoms with Crippen molar-refractivity contribution in [2.75, 3.05) is 19.8 Å². The largest absolute Gasteiger partial charge is 0.658 e. The molecule has 3 heterocycles. The minimum Gasteiger partial charge on any atom is -0.346 e. The Kier molecular flexibility index (Phi) is 10.7. The Morgan fingerprint density at radius 1 is 0.514 bits per heavy atom. The van der Waals surface area contributed by atoms with Gasteiger partial charge in [0, 0.05) is 0 Å². The highest BCUT2D eigenvalue weighted by Crippen LogP contribution is 2.34. The van der Waals surface area contributed by atoms with Crippen molar-refractivity contribution in [3.8, 4) is 0 Å². The van der Waals surface area contributed by atoms with Gasteiger partial charge in [-0.1, -0.05) is 0 Å². The molecule has 6 unspecified atom stereocenters. The van der Waals surface area contributed by atoms with Gasteiger partial charge in [0.2, 0.25) is 19.1 Å². The van der Waals surface area contributed by atoms with Gasteiger partial charge in [0.05, 0.1) is 19.8 Å². The van der Waals surface area contributed by atoms with E-state index >= 15 is 0 Å². The van der Waals surface area contributed by atoms with Crippen molar-refractivity contribution in [2.45, 2.75) is 94.8 Å². The van der Waals surface area contributed by atoms with Crippen LogP contribution in [0.25, 0.3) is 0 Å². The first-order valence-electron chi connectivity index (χ1n) is 11.2. The summed E-state index contributed by atoms with van der Waals surface area (Å²) < 4.78 is 163. The van der Waals surface area contributed by atoms with E-state index in [1.165, 1.54) is 0 Å². The van der Waals surface area contributed by atoms with E-state index in [0.29, 0.717) is 0 Å². The van der Waals surface area contributed by atoms with Crippen LogP contribution in [-0.2, 0) is 42.4 Å². The van der Waals surface area contributed by atoms with Crippen molar-refractivity contribution < 1.29 is 81.9 Å². The van der Waals surface area contributed by atoms with Gasteiger partial charge < -0.3 is 28.2 Å². The van der Waals surface area contributed by atoms with E-state index in [-0.39, 0.29) is 58.3 Å². The van der Waals surface area contributed by atoms with Crippen LogP contribution in [0, 0.1) is 0 Å². The van der Waals surface area contributed by atoms with Crippen molar-refractivity contribution in [3.05, 3.63) is 0 Å². The topological polar surface area (TPSA) is 83.1 Å². The van der Waals surface area contributed by atoms with Gasteiger partial charge >= 0.3 is 26.2 Å². The van der Waals surface area contributed by atoms with Gasteiger partial charge in [-0.3, -0.25) is 14.2 Å². The number of halogens is 9. The maximum absolute atomic E-state index is 14.3. The molecule has 3 aliphatic rings. The first kappa shape index (κ1) is 30.6. The number of ether oxygens (including phenoxy) is 6. The van der Waals surface area contributed by atoms with Gasteiger partial charge in [0.15, 0.2) is 0 Å². The molecule has 37 heavy (non-hydrogen) atoms. The van der Waals surface area contributed by atoms with Gasteiger partial charge in [-0.05, 0) is 38.5 Å². The molecule has 0 N–H and O–H groups in total. The van der Waals surface area contributed by atoms with Crippen molar-refractivity contribution in [1.29, 1.82) is 0 Å². The van der Waals surface area contributed by atoms with E-state index in [2.05, 4.69) is 42.4 Å². The lowest BCUT2D eigenvalue weighted by Crippen LogP contribution is -2.51. The van der Waals surface area contributed by atoms with Gasteiger partial charge in [-0.25, -0.2) is 13.2 Å². The lowest BCUT2D eigenvalue weighted by atomic mass is 10.1. The summed E-state index contributed by atoms with van der Waals surface area (Å²) in [5.41, 5.74) is 0. The molecule has 216 valence electrons. The molecule has 6 atom stereocenters. The van der Waals surface area contributed by atoms with Crippen molar-refractivity contribution in [3.63, 3.8) is 0 Å². The molecular formula is C18H24BF9O9. The monoisotopic (exact) mass is 566 g/mol. The second-order valence-electron chi connectivity index (χ2n) is 8.09. The molecule has 0 aromatic rings. The highest BCUT2D eigenvalue weighted by atomic mass is 19.3. The number of hydrogen-bond acceptors (Lipinski definition) is 9. The van der Waals surface area contributed by atoms with Crippen LogP contribution in [0.3, 0.4) is 0 Å². The summed E-state index contributed by atoms with van der Waals surface area (Å²) >= 11 is 0. The van der Waals surface area contributed by atoms with Gasteiger partial charge in [-0.2, -0.15) is 0 Å². The number of hydrogen-bond donors (Lipinski definition) is 0. The molecule has 3 fully saturated rings. The predicted molar refractivity (Wildman–Crippen MR) is 98.7 cm³/mol. The Labute approximate surface area is 204 Å². The smallest absolute Gasteiger partial charge is 0.346 e. The fourth-order valence-electron chi connectivity index (χ4n) is 3.51. The zero-order valence-corrected chi connectivity index (χ0v) is 19.0. The average molecular weight is 566 g/mol. The maximum atomic E-state index is 14.3. The van der Waals surface area contributed by atoms with Crippen LogP contribution in [0.4, 0.5) is 39.5 Å². The molecule has 0 amide bonds. The third-order valence-corrected chi connectivity index (χ3v) is 5.17. The van der Waals surface area contributed by atoms with Crippen LogP contribution < -0.4 is 0 Å². The van der Waals surface area contributed by atoms with Gasteiger partial charge in [-0.15, -0.1) is 26.3 Å². The van der Waals surface area contributed by atoms with Crippen molar-refractivity contribution in [1.82, 2.24) is 0 Å². The van der Waals surface area contributed by atoms with E-state index in [0.717, 1.165) is 0 Å². The Hall–Kier alpha value is -0.925. The molecule has 0 aromatic carbocycles. The predicted octanol–water partition coefficient (Wildman–Crippen LogP) is 4.15. The summed E-state index contributed by atoms with van der Waals surface area (Å²) in [6, 6.07) is 0. The number of rotatable bonds is 12. The SMILES string of the molecule is FC1OCCCC1OC(F)(F)OB(OC(F)(F)OC1CCCOC1F)OC(F)(F)OC1CCCOC1F. The second kappa shape index (κ2) is 13.0. The molecule has 3 rings (SSSR count). The minimum atomic E-state index is -5.07. The third kappa shape index (κ3) is 9.96. The van der Waals surface area contributed by atoms with Crippen LogP contribution in [-0.4, -0.2) is 83.4 Å². The number of alkyl halides is 9. The highest BCUT2D eigenvalue weighted by Gasteiger charge is 2.55. The molecule has 0 saturated carbocycles. The molecule has 0 spiro atoms. The Balaban J connectivity index is 1.70. The quantitative estimate of drug-likeness (QED) is 0.197. The third-order valence-electron chi connectivity index (χ3n) is 5.17. The summed E-state index contributed by atoms with van der Waals surface area (Å²) in [6.07, 6.45) is -29.1. The summed E-state index contributed by atoms with van der Waals surface area (Å²) in [5, 5.41) is 0. The molecule has 9 nitrogen and oxygen atoms in total. The van der Waals surface area contributed by atoms with E-state index in [4.69, 9.17) is 0 Å². The summed E-state index contributed by atoms with van der Waals surface area (Å²) in [6.45, 7) is -0.386. The average Bonchev–Trinajstić information content (AvgIpc) is 2.77. The van der Waals surface area contributed by atoms with Crippen molar-refractivity contribution in [2.24, 2.45) is 0 Å². The standard InChI is InChI=1S/C18H24BF9O9/c20-13-10(4-1-7-29-13)32-16(23,24)35-19(36-17(25,26)33-11-5-2-8-30-14(11)21)37-18(27,28)34-12-6-3-9-31-15(12)22/h10-15H,1-9H2. The molecule has 3 saturated heterocycles. The molecule has 0 aliphatic carbocycles. The van der Waals surface area contributed by atoms with Crippen molar-refractivity contribution >= 4 is 7.32 Å². The molecule has 19 heteroatoms. The van der Waals surface area contributed by atoms with Crippen LogP contribution in [0.5, 0.6) is 0 Å². The molecular weight excluding hydrogens is 542 g/mol. The molecule has 0 radical (unpaired) electrons. The maximum Gasteiger partial charge on any atom is 0.658 e. The fourth-order valence-corrected chi connectivity index (χ4v) is 3.51. The van der Waals surface area contributed by atoms with E-state index < -0.39 is 63.6 Å². The molecule has 3 aliphatic heterocycles. The molecule has 0 aromatic heterocycles. The normalized spacial score (nSPS) is 32.4. The zero-order valence-electron chi connectivity index (χ0n) is 19.0. The van der Waals surface area contributed by atoms with Crippen LogP contribution >= 0.6 is 0 Å². The fraction of sp³-hybridized carbons (Fsp3) is 1.00. The van der Waals surface area contributed by atoms with Gasteiger partial charge in [0.25, 0.3) is 0 Å². The summed E-state index contributed by atoms with van der Waals surface area (Å²) in [4.78, 5) is 0. The van der Waals surface area contributed by atoms with E-state index in [1.807, 2.05) is 0 Å². The van der Waals surface area contributed by atoms with Gasteiger partial charge in [0.1, 0.15) is 18.3 Å². The minimum absolute atomic E-state index is 0.0666. The Morgan fingerprint density at radius 3 is 1.03 bits per heavy atom. The van der Waals surface area contributed by atoms with Crippen LogP contribution in [0.2, 0.25) is 0 Å². The molecule has 0 bridgehead atoms. The summed E-state index contributed by atoms with van der Waals surface area (Å²) in [7, 11) is -3.74. The van der Waals surface area contributed by atoms with Crippen LogP contribution in [0.15, 0.2) is 0 Å². The first-order valence-corrected chi connectivity index (χ1v) is 11.2. The Bertz CT molecular complexity index is 623. The lowest BCUT2D eigenvalue weighted by molar-refractivity contribution is -0.444. The second-order valence-corrected chi connectivity index (χ2v) is 8.09. The first-order chi connectivity index (χ1) is 17.3. The summed E-state index contributed by atoms with van der Waals surface area (Å²) in [5.74, 6) is 0. The van der Waals surface area contributed by atoms with Crippen LogP contribution in [0.1, 0.15) is 38.5 Å². The zero-order chi connectivity index (χ0) is 27.3. The highest BCUT2D eigenvalue weighted by molar-refractivity contribution is 6.36. The lowest BCUT2D eigenvalue weighted by Gasteiger charge is -2.33.